The second-order valence-electron chi connectivity index (χ2n) is 8.48. The molecule has 0 amide bonds. The molecule has 0 aliphatic carbocycles. The molecule has 0 bridgehead atoms. The van der Waals surface area contributed by atoms with Crippen LogP contribution in [0.2, 0.25) is 0 Å². The van der Waals surface area contributed by atoms with Gasteiger partial charge in [-0.2, -0.15) is 8.42 Å². The van der Waals surface area contributed by atoms with Crippen LogP contribution >= 0.6 is 0 Å². The van der Waals surface area contributed by atoms with Crippen molar-refractivity contribution in [3.63, 3.8) is 0 Å². The van der Waals surface area contributed by atoms with Crippen molar-refractivity contribution in [2.45, 2.75) is 25.4 Å². The molecule has 180 valence electrons. The van der Waals surface area contributed by atoms with Gasteiger partial charge in [0.1, 0.15) is 0 Å². The van der Waals surface area contributed by atoms with Gasteiger partial charge in [-0.05, 0) is 54.6 Å². The first kappa shape index (κ1) is 24.2. The number of nitrogens with zero attached hydrogens (tertiary/aromatic N) is 2. The molecular formula is C25H28N3O5S-. The molecule has 34 heavy (non-hydrogen) atoms. The molecule has 1 aromatic heterocycles. The Morgan fingerprint density at radius 1 is 1.03 bits per heavy atom. The highest BCUT2D eigenvalue weighted by Gasteiger charge is 2.22. The summed E-state index contributed by atoms with van der Waals surface area (Å²) >= 11 is 0. The molecule has 1 aliphatic heterocycles. The Kier molecular flexibility index (Phi) is 7.47. The van der Waals surface area contributed by atoms with Gasteiger partial charge in [0.25, 0.3) is 0 Å². The zero-order valence-electron chi connectivity index (χ0n) is 18.8. The molecule has 0 radical (unpaired) electrons. The molecule has 8 nitrogen and oxygen atoms in total. The standard InChI is InChI=1S/C25H29N3O5S/c26-34(31,32)28-15-12-23(24(28)25(29)30)22-8-6-20(7-9-22)21-10-13-27(14-11-21)16-17-33-18-19-4-2-1-3-5-19/h1-9,12,15,21H,10-11,13-14,16-18H2,(H,29,30)(H2,26,31,32)/p-1. The Hall–Kier alpha value is -2.98. The van der Waals surface area contributed by atoms with Gasteiger partial charge >= 0.3 is 10.2 Å². The highest BCUT2D eigenvalue weighted by molar-refractivity contribution is 7.87. The zero-order chi connectivity index (χ0) is 24.1. The highest BCUT2D eigenvalue weighted by Crippen LogP contribution is 2.31. The third kappa shape index (κ3) is 5.74. The summed E-state index contributed by atoms with van der Waals surface area (Å²) in [6.07, 6.45) is 3.19. The molecule has 4 rings (SSSR count). The van der Waals surface area contributed by atoms with Gasteiger partial charge in [-0.25, -0.2) is 9.11 Å². The van der Waals surface area contributed by atoms with Crippen molar-refractivity contribution in [2.24, 2.45) is 5.14 Å². The van der Waals surface area contributed by atoms with E-state index in [1.54, 1.807) is 0 Å². The number of ether oxygens (including phenoxy) is 1. The lowest BCUT2D eigenvalue weighted by Crippen LogP contribution is -2.35. The van der Waals surface area contributed by atoms with Crippen LogP contribution in [0.5, 0.6) is 0 Å². The summed E-state index contributed by atoms with van der Waals surface area (Å²) in [6, 6.07) is 19.1. The molecule has 0 spiro atoms. The van der Waals surface area contributed by atoms with E-state index in [2.05, 4.69) is 17.0 Å². The normalized spacial score (nSPS) is 15.4. The maximum atomic E-state index is 11.7. The number of rotatable bonds is 9. The largest absolute Gasteiger partial charge is 0.543 e. The van der Waals surface area contributed by atoms with Gasteiger partial charge in [-0.3, -0.25) is 0 Å². The van der Waals surface area contributed by atoms with Crippen LogP contribution in [0.3, 0.4) is 0 Å². The van der Waals surface area contributed by atoms with E-state index >= 15 is 0 Å². The Bertz CT molecular complexity index is 1220. The van der Waals surface area contributed by atoms with Crippen LogP contribution in [-0.4, -0.2) is 49.5 Å². The highest BCUT2D eigenvalue weighted by atomic mass is 32.2. The molecule has 0 unspecified atom stereocenters. The average Bonchev–Trinajstić information content (AvgIpc) is 3.30. The van der Waals surface area contributed by atoms with Crippen LogP contribution in [0.1, 0.15) is 40.4 Å². The van der Waals surface area contributed by atoms with Gasteiger partial charge in [0.15, 0.2) is 0 Å². The average molecular weight is 483 g/mol. The lowest BCUT2D eigenvalue weighted by atomic mass is 9.88. The number of benzene rings is 2. The van der Waals surface area contributed by atoms with Gasteiger partial charge in [-0.1, -0.05) is 54.6 Å². The summed E-state index contributed by atoms with van der Waals surface area (Å²) in [4.78, 5) is 14.0. The van der Waals surface area contributed by atoms with Crippen LogP contribution < -0.4 is 10.2 Å². The second kappa shape index (κ2) is 10.5. The minimum absolute atomic E-state index is 0.255. The van der Waals surface area contributed by atoms with Crippen LogP contribution in [0.15, 0.2) is 66.9 Å². The molecular weight excluding hydrogens is 454 g/mol. The SMILES string of the molecule is NS(=O)(=O)n1ccc(-c2ccc(C3CCN(CCOCc4ccccc4)CC3)cc2)c1C(=O)[O-]. The predicted molar refractivity (Wildman–Crippen MR) is 127 cm³/mol. The molecule has 1 saturated heterocycles. The second-order valence-corrected chi connectivity index (χ2v) is 9.91. The van der Waals surface area contributed by atoms with Crippen molar-refractivity contribution in [1.82, 2.24) is 8.87 Å². The fraction of sp³-hybridized carbons (Fsp3) is 0.320. The van der Waals surface area contributed by atoms with Crippen molar-refractivity contribution in [3.8, 4) is 11.1 Å². The monoisotopic (exact) mass is 482 g/mol. The van der Waals surface area contributed by atoms with E-state index in [0.717, 1.165) is 38.7 Å². The number of nitrogens with two attached hydrogens (primary N) is 1. The zero-order valence-corrected chi connectivity index (χ0v) is 19.6. The number of likely N-dealkylation sites (tertiary alicyclic amines) is 1. The fourth-order valence-corrected chi connectivity index (χ4v) is 5.10. The molecule has 9 heteroatoms. The number of carboxylic acid groups (broad SMARTS) is 1. The lowest BCUT2D eigenvalue weighted by Gasteiger charge is -2.32. The first-order valence-electron chi connectivity index (χ1n) is 11.2. The van der Waals surface area contributed by atoms with Gasteiger partial charge in [0.2, 0.25) is 0 Å². The Morgan fingerprint density at radius 2 is 1.71 bits per heavy atom. The van der Waals surface area contributed by atoms with Crippen molar-refractivity contribution >= 4 is 16.2 Å². The van der Waals surface area contributed by atoms with E-state index in [9.17, 15) is 18.3 Å². The van der Waals surface area contributed by atoms with Crippen LogP contribution in [0, 0.1) is 0 Å². The lowest BCUT2D eigenvalue weighted by molar-refractivity contribution is -0.255. The Balaban J connectivity index is 1.31. The predicted octanol–water partition coefficient (Wildman–Crippen LogP) is 1.97. The first-order chi connectivity index (χ1) is 16.3. The number of aromatic carboxylic acids is 1. The number of carbonyl (C=O) groups is 1. The van der Waals surface area contributed by atoms with Gasteiger partial charge < -0.3 is 19.5 Å². The van der Waals surface area contributed by atoms with Crippen LogP contribution in [0.25, 0.3) is 11.1 Å². The molecule has 1 aliphatic rings. The minimum Gasteiger partial charge on any atom is -0.543 e. The molecule has 2 heterocycles. The van der Waals surface area contributed by atoms with E-state index in [1.807, 2.05) is 42.5 Å². The Labute approximate surface area is 199 Å². The molecule has 1 fully saturated rings. The van der Waals surface area contributed by atoms with Gasteiger partial charge in [-0.15, -0.1) is 0 Å². The maximum absolute atomic E-state index is 11.7. The summed E-state index contributed by atoms with van der Waals surface area (Å²) in [5.74, 6) is -1.18. The quantitative estimate of drug-likeness (QED) is 0.466. The fourth-order valence-electron chi connectivity index (χ4n) is 4.44. The third-order valence-corrected chi connectivity index (χ3v) is 7.12. The van der Waals surface area contributed by atoms with Gasteiger partial charge in [0.05, 0.1) is 24.9 Å². The van der Waals surface area contributed by atoms with E-state index in [4.69, 9.17) is 9.88 Å². The number of hydrogen-bond donors (Lipinski definition) is 1. The van der Waals surface area contributed by atoms with Crippen LogP contribution in [-0.2, 0) is 21.6 Å². The third-order valence-electron chi connectivity index (χ3n) is 6.26. The van der Waals surface area contributed by atoms with E-state index < -0.39 is 21.9 Å². The number of carboxylic acids is 1. The summed E-state index contributed by atoms with van der Waals surface area (Å²) in [5.41, 5.74) is 2.74. The van der Waals surface area contributed by atoms with E-state index in [1.165, 1.54) is 17.2 Å². The van der Waals surface area contributed by atoms with E-state index in [0.29, 0.717) is 28.7 Å². The molecule has 2 N–H and O–H groups in total. The number of hydrogen-bond acceptors (Lipinski definition) is 6. The first-order valence-corrected chi connectivity index (χ1v) is 12.7. The topological polar surface area (TPSA) is 118 Å². The molecule has 3 aromatic rings. The van der Waals surface area contributed by atoms with Crippen molar-refractivity contribution in [1.29, 1.82) is 0 Å². The van der Waals surface area contributed by atoms with Gasteiger partial charge in [0, 0.05) is 18.3 Å². The number of piperidine rings is 1. The number of aromatic nitrogens is 1. The molecule has 0 saturated carbocycles. The van der Waals surface area contributed by atoms with Crippen molar-refractivity contribution in [2.75, 3.05) is 26.2 Å². The number of carbonyl (C=O) groups excluding carboxylic acids is 1. The summed E-state index contributed by atoms with van der Waals surface area (Å²) < 4.78 is 29.7. The Morgan fingerprint density at radius 3 is 2.32 bits per heavy atom. The summed E-state index contributed by atoms with van der Waals surface area (Å²) in [5, 5.41) is 16.7. The summed E-state index contributed by atoms with van der Waals surface area (Å²) in [6.45, 7) is 4.23. The molecule has 2 aromatic carbocycles. The smallest absolute Gasteiger partial charge is 0.302 e. The van der Waals surface area contributed by atoms with E-state index in [-0.39, 0.29) is 5.56 Å². The minimum atomic E-state index is -4.24. The van der Waals surface area contributed by atoms with Crippen molar-refractivity contribution in [3.05, 3.63) is 83.7 Å². The molecule has 0 atom stereocenters. The van der Waals surface area contributed by atoms with Crippen molar-refractivity contribution < 1.29 is 23.1 Å². The summed E-state index contributed by atoms with van der Waals surface area (Å²) in [7, 11) is -4.24. The maximum Gasteiger partial charge on any atom is 0.302 e. The van der Waals surface area contributed by atoms with Crippen LogP contribution in [0.4, 0.5) is 0 Å².